The molecule has 25 heavy (non-hydrogen) atoms. The number of likely N-dealkylation sites (N-methyl/N-ethyl adjacent to an activating group) is 1. The minimum absolute atomic E-state index is 0.258. The zero-order valence-corrected chi connectivity index (χ0v) is 15.5. The second kappa shape index (κ2) is 7.47. The maximum Gasteiger partial charge on any atom is 0.260 e. The maximum absolute atomic E-state index is 13.5. The van der Waals surface area contributed by atoms with Gasteiger partial charge in [-0.05, 0) is 36.4 Å². The summed E-state index contributed by atoms with van der Waals surface area (Å²) in [7, 11) is 4.03. The Morgan fingerprint density at radius 2 is 2.08 bits per heavy atom. The summed E-state index contributed by atoms with van der Waals surface area (Å²) in [6.07, 6.45) is 0. The maximum atomic E-state index is 13.5. The smallest absolute Gasteiger partial charge is 0.260 e. The van der Waals surface area contributed by atoms with Crippen LogP contribution in [0.1, 0.15) is 10.4 Å². The van der Waals surface area contributed by atoms with E-state index in [-0.39, 0.29) is 5.91 Å². The van der Waals surface area contributed by atoms with Crippen molar-refractivity contribution in [1.29, 1.82) is 0 Å². The average molecular weight is 379 g/mol. The Morgan fingerprint density at radius 3 is 2.80 bits per heavy atom. The monoisotopic (exact) mass is 378 g/mol. The minimum atomic E-state index is -0.430. The molecule has 1 amide bonds. The van der Waals surface area contributed by atoms with Gasteiger partial charge in [0.2, 0.25) is 0 Å². The topological polar surface area (TPSA) is 37.6 Å². The molecule has 0 aliphatic rings. The van der Waals surface area contributed by atoms with Gasteiger partial charge in [0.1, 0.15) is 5.82 Å². The van der Waals surface area contributed by atoms with Gasteiger partial charge in [-0.2, -0.15) is 0 Å². The van der Waals surface area contributed by atoms with Gasteiger partial charge >= 0.3 is 0 Å². The quantitative estimate of drug-likeness (QED) is 0.741. The third kappa shape index (κ3) is 4.15. The van der Waals surface area contributed by atoms with Crippen molar-refractivity contribution in [2.45, 2.75) is 0 Å². The number of thiazole rings is 1. The van der Waals surface area contributed by atoms with E-state index in [0.29, 0.717) is 22.3 Å². The van der Waals surface area contributed by atoms with Crippen LogP contribution in [0.5, 0.6) is 0 Å². The number of aromatic nitrogens is 1. The lowest BCUT2D eigenvalue weighted by Crippen LogP contribution is -3.06. The molecule has 0 saturated heterocycles. The Kier molecular flexibility index (Phi) is 5.32. The highest BCUT2D eigenvalue weighted by Gasteiger charge is 2.22. The average Bonchev–Trinajstić information content (AvgIpc) is 2.97. The number of amides is 1. The number of hydrogen-bond acceptors (Lipinski definition) is 3. The van der Waals surface area contributed by atoms with Gasteiger partial charge < -0.3 is 4.90 Å². The van der Waals surface area contributed by atoms with Crippen molar-refractivity contribution in [2.24, 2.45) is 0 Å². The van der Waals surface area contributed by atoms with Gasteiger partial charge in [-0.1, -0.05) is 29.0 Å². The number of hydrogen-bond donors (Lipinski definition) is 1. The fourth-order valence-electron chi connectivity index (χ4n) is 2.40. The lowest BCUT2D eigenvalue weighted by molar-refractivity contribution is -0.856. The normalized spacial score (nSPS) is 11.2. The molecule has 3 rings (SSSR count). The van der Waals surface area contributed by atoms with E-state index in [1.165, 1.54) is 34.4 Å². The first-order chi connectivity index (χ1) is 11.9. The van der Waals surface area contributed by atoms with Crippen LogP contribution in [0.25, 0.3) is 10.2 Å². The predicted octanol–water partition coefficient (Wildman–Crippen LogP) is 2.88. The molecule has 0 aliphatic carbocycles. The molecule has 0 fully saturated rings. The van der Waals surface area contributed by atoms with Crippen LogP contribution in [0.3, 0.4) is 0 Å². The molecular formula is C18H18ClFN3OS+. The number of fused-ring (bicyclic) bond motifs is 1. The second-order valence-electron chi connectivity index (χ2n) is 6.03. The van der Waals surface area contributed by atoms with Crippen molar-refractivity contribution in [2.75, 3.05) is 32.1 Å². The Labute approximate surface area is 154 Å². The Morgan fingerprint density at radius 1 is 1.28 bits per heavy atom. The van der Waals surface area contributed by atoms with Crippen LogP contribution in [-0.4, -0.2) is 38.1 Å². The summed E-state index contributed by atoms with van der Waals surface area (Å²) in [5.74, 6) is -0.689. The highest BCUT2D eigenvalue weighted by molar-refractivity contribution is 7.22. The first-order valence-corrected chi connectivity index (χ1v) is 9.06. The number of halogens is 2. The van der Waals surface area contributed by atoms with Gasteiger partial charge in [0.25, 0.3) is 5.91 Å². The molecule has 0 atom stereocenters. The third-order valence-electron chi connectivity index (χ3n) is 3.72. The summed E-state index contributed by atoms with van der Waals surface area (Å²) < 4.78 is 14.4. The Balaban J connectivity index is 1.99. The molecule has 3 aromatic rings. The summed E-state index contributed by atoms with van der Waals surface area (Å²) in [6.45, 7) is 1.24. The SMILES string of the molecule is C[NH+](C)CCN(C(=O)c1cccc(F)c1)c1nc2ccc(Cl)cc2s1. The van der Waals surface area contributed by atoms with Crippen molar-refractivity contribution in [3.63, 3.8) is 0 Å². The molecule has 0 aliphatic heterocycles. The largest absolute Gasteiger partial charge is 0.338 e. The number of nitrogens with one attached hydrogen (secondary N) is 1. The molecule has 0 saturated carbocycles. The number of quaternary nitrogens is 1. The van der Waals surface area contributed by atoms with Crippen LogP contribution in [0, 0.1) is 5.82 Å². The van der Waals surface area contributed by atoms with Crippen LogP contribution in [-0.2, 0) is 0 Å². The molecule has 1 heterocycles. The van der Waals surface area contributed by atoms with E-state index in [1.807, 2.05) is 26.2 Å². The highest BCUT2D eigenvalue weighted by Crippen LogP contribution is 2.31. The molecule has 7 heteroatoms. The van der Waals surface area contributed by atoms with E-state index in [1.54, 1.807) is 17.0 Å². The summed E-state index contributed by atoms with van der Waals surface area (Å²) >= 11 is 7.44. The lowest BCUT2D eigenvalue weighted by Gasteiger charge is -2.20. The molecule has 4 nitrogen and oxygen atoms in total. The van der Waals surface area contributed by atoms with Crippen LogP contribution >= 0.6 is 22.9 Å². The lowest BCUT2D eigenvalue weighted by atomic mass is 10.2. The first kappa shape index (κ1) is 17.8. The van der Waals surface area contributed by atoms with E-state index in [9.17, 15) is 9.18 Å². The summed E-state index contributed by atoms with van der Waals surface area (Å²) in [5, 5.41) is 1.22. The van der Waals surface area contributed by atoms with Crippen molar-refractivity contribution in [1.82, 2.24) is 4.98 Å². The molecule has 2 aromatic carbocycles. The van der Waals surface area contributed by atoms with E-state index in [0.717, 1.165) is 16.8 Å². The predicted molar refractivity (Wildman–Crippen MR) is 100 cm³/mol. The number of carbonyl (C=O) groups excluding carboxylic acids is 1. The van der Waals surface area contributed by atoms with Crippen molar-refractivity contribution in [3.05, 3.63) is 58.9 Å². The highest BCUT2D eigenvalue weighted by atomic mass is 35.5. The molecule has 0 bridgehead atoms. The van der Waals surface area contributed by atoms with E-state index in [2.05, 4.69) is 4.98 Å². The van der Waals surface area contributed by atoms with Gasteiger partial charge in [-0.25, -0.2) is 9.37 Å². The number of benzene rings is 2. The first-order valence-electron chi connectivity index (χ1n) is 7.86. The Hall–Kier alpha value is -2.02. The number of anilines is 1. The van der Waals surface area contributed by atoms with Crippen LogP contribution < -0.4 is 9.80 Å². The molecule has 0 unspecified atom stereocenters. The van der Waals surface area contributed by atoms with Gasteiger partial charge in [-0.3, -0.25) is 9.69 Å². The number of nitrogens with zero attached hydrogens (tertiary/aromatic N) is 2. The summed E-state index contributed by atoms with van der Waals surface area (Å²) in [4.78, 5) is 20.3. The zero-order valence-electron chi connectivity index (χ0n) is 13.9. The molecule has 0 spiro atoms. The second-order valence-corrected chi connectivity index (χ2v) is 7.48. The molecule has 130 valence electrons. The molecular weight excluding hydrogens is 361 g/mol. The number of rotatable bonds is 5. The van der Waals surface area contributed by atoms with E-state index < -0.39 is 5.82 Å². The zero-order chi connectivity index (χ0) is 18.0. The van der Waals surface area contributed by atoms with E-state index in [4.69, 9.17) is 11.6 Å². The van der Waals surface area contributed by atoms with Gasteiger partial charge in [-0.15, -0.1) is 0 Å². The van der Waals surface area contributed by atoms with Crippen LogP contribution in [0.2, 0.25) is 5.02 Å². The fraction of sp³-hybridized carbons (Fsp3) is 0.222. The number of carbonyl (C=O) groups is 1. The van der Waals surface area contributed by atoms with Crippen molar-refractivity contribution in [3.8, 4) is 0 Å². The van der Waals surface area contributed by atoms with Crippen LogP contribution in [0.15, 0.2) is 42.5 Å². The summed E-state index contributed by atoms with van der Waals surface area (Å²) in [5.41, 5.74) is 1.10. The van der Waals surface area contributed by atoms with Gasteiger partial charge in [0.15, 0.2) is 5.13 Å². The Bertz CT molecular complexity index is 912. The molecule has 1 aromatic heterocycles. The van der Waals surface area contributed by atoms with E-state index >= 15 is 0 Å². The standard InChI is InChI=1S/C18H17ClFN3OS/c1-22(2)8-9-23(17(24)12-4-3-5-14(20)10-12)18-21-15-7-6-13(19)11-16(15)25-18/h3-7,10-11H,8-9H2,1-2H3/p+1. The fourth-order valence-corrected chi connectivity index (χ4v) is 3.66. The van der Waals surface area contributed by atoms with Crippen molar-refractivity contribution >= 4 is 44.2 Å². The third-order valence-corrected chi connectivity index (χ3v) is 5.00. The van der Waals surface area contributed by atoms with Gasteiger partial charge in [0.05, 0.1) is 37.4 Å². The van der Waals surface area contributed by atoms with Crippen molar-refractivity contribution < 1.29 is 14.1 Å². The van der Waals surface area contributed by atoms with Crippen LogP contribution in [0.4, 0.5) is 9.52 Å². The minimum Gasteiger partial charge on any atom is -0.338 e. The molecule has 1 N–H and O–H groups in total. The molecule has 0 radical (unpaired) electrons. The van der Waals surface area contributed by atoms with Gasteiger partial charge in [0, 0.05) is 10.6 Å². The summed E-state index contributed by atoms with van der Waals surface area (Å²) in [6, 6.07) is 11.2.